The Morgan fingerprint density at radius 1 is 1.41 bits per heavy atom. The van der Waals surface area contributed by atoms with Crippen molar-refractivity contribution in [2.45, 2.75) is 32.7 Å². The third-order valence-electron chi connectivity index (χ3n) is 4.81. The quantitative estimate of drug-likeness (QED) is 0.858. The van der Waals surface area contributed by atoms with Crippen LogP contribution in [0.3, 0.4) is 0 Å². The molecule has 1 atom stereocenters. The number of nitrogens with one attached hydrogen (secondary N) is 1. The Morgan fingerprint density at radius 3 is 2.82 bits per heavy atom. The maximum Gasteiger partial charge on any atom is 0.341 e. The Balaban J connectivity index is 1.55. The van der Waals surface area contributed by atoms with Gasteiger partial charge in [-0.15, -0.1) is 0 Å². The molecule has 2 fully saturated rings. The van der Waals surface area contributed by atoms with E-state index in [4.69, 9.17) is 9.15 Å². The average molecular weight is 307 g/mol. The fourth-order valence-corrected chi connectivity index (χ4v) is 3.29. The first-order valence-electron chi connectivity index (χ1n) is 7.59. The third kappa shape index (κ3) is 2.75. The summed E-state index contributed by atoms with van der Waals surface area (Å²) in [4.78, 5) is 23.8. The molecule has 1 unspecified atom stereocenters. The number of hydrogen-bond donors (Lipinski definition) is 1. The second kappa shape index (κ2) is 5.76. The number of furan rings is 1. The molecule has 1 spiro atoms. The van der Waals surface area contributed by atoms with Crippen molar-refractivity contribution in [3.63, 3.8) is 0 Å². The summed E-state index contributed by atoms with van der Waals surface area (Å²) in [5, 5.41) is 2.90. The van der Waals surface area contributed by atoms with Gasteiger partial charge in [-0.3, -0.25) is 4.79 Å². The summed E-state index contributed by atoms with van der Waals surface area (Å²) in [6.45, 7) is 3.50. The highest BCUT2D eigenvalue weighted by Gasteiger charge is 2.57. The van der Waals surface area contributed by atoms with E-state index in [9.17, 15) is 9.59 Å². The van der Waals surface area contributed by atoms with Gasteiger partial charge < -0.3 is 19.2 Å². The van der Waals surface area contributed by atoms with E-state index in [1.54, 1.807) is 13.0 Å². The number of ether oxygens (including phenoxy) is 2. The van der Waals surface area contributed by atoms with Gasteiger partial charge >= 0.3 is 5.97 Å². The first-order valence-corrected chi connectivity index (χ1v) is 7.59. The van der Waals surface area contributed by atoms with Gasteiger partial charge in [-0.05, 0) is 37.7 Å². The molecule has 6 heteroatoms. The van der Waals surface area contributed by atoms with Crippen LogP contribution in [0.1, 0.15) is 41.1 Å². The lowest BCUT2D eigenvalue weighted by Gasteiger charge is -2.22. The van der Waals surface area contributed by atoms with Crippen LogP contribution in [-0.4, -0.2) is 32.2 Å². The number of carbonyl (C=O) groups excluding carboxylic acids is 2. The summed E-state index contributed by atoms with van der Waals surface area (Å²) < 4.78 is 15.5. The zero-order valence-electron chi connectivity index (χ0n) is 12.9. The fraction of sp³-hybridized carbons (Fsp3) is 0.625. The summed E-state index contributed by atoms with van der Waals surface area (Å²) in [7, 11) is 1.33. The van der Waals surface area contributed by atoms with Gasteiger partial charge in [0.05, 0.1) is 13.7 Å². The number of amides is 1. The summed E-state index contributed by atoms with van der Waals surface area (Å²) in [5.41, 5.74) is 0.567. The highest BCUT2D eigenvalue weighted by Crippen LogP contribution is 2.59. The zero-order valence-corrected chi connectivity index (χ0v) is 12.9. The minimum Gasteiger partial charge on any atom is -0.465 e. The molecular formula is C16H21NO5. The van der Waals surface area contributed by atoms with Gasteiger partial charge in [-0.25, -0.2) is 4.79 Å². The van der Waals surface area contributed by atoms with Crippen LogP contribution >= 0.6 is 0 Å². The minimum absolute atomic E-state index is 0.0653. The molecule has 1 aliphatic heterocycles. The van der Waals surface area contributed by atoms with Gasteiger partial charge in [-0.1, -0.05) is 0 Å². The Labute approximate surface area is 129 Å². The van der Waals surface area contributed by atoms with Crippen molar-refractivity contribution in [1.29, 1.82) is 0 Å². The van der Waals surface area contributed by atoms with Crippen LogP contribution in [-0.2, 0) is 20.8 Å². The molecule has 0 radical (unpaired) electrons. The minimum atomic E-state index is -0.429. The lowest BCUT2D eigenvalue weighted by atomic mass is 9.93. The molecule has 6 nitrogen and oxygen atoms in total. The molecule has 22 heavy (non-hydrogen) atoms. The molecular weight excluding hydrogens is 286 g/mol. The highest BCUT2D eigenvalue weighted by molar-refractivity contribution is 5.90. The van der Waals surface area contributed by atoms with Crippen molar-refractivity contribution in [2.75, 3.05) is 20.3 Å². The lowest BCUT2D eigenvalue weighted by molar-refractivity contribution is -0.123. The maximum absolute atomic E-state index is 12.2. The second-order valence-electron chi connectivity index (χ2n) is 6.12. The number of rotatable bonds is 4. The van der Waals surface area contributed by atoms with E-state index in [1.165, 1.54) is 7.11 Å². The number of methoxy groups -OCH3 is 1. The number of hydrogen-bond acceptors (Lipinski definition) is 5. The van der Waals surface area contributed by atoms with Crippen molar-refractivity contribution in [2.24, 2.45) is 11.3 Å². The van der Waals surface area contributed by atoms with Crippen molar-refractivity contribution in [3.8, 4) is 0 Å². The SMILES string of the molecule is COC(=O)c1cc(CNC(=O)C2CC23CCOCC3)oc1C. The van der Waals surface area contributed by atoms with E-state index in [0.717, 1.165) is 32.5 Å². The predicted molar refractivity (Wildman–Crippen MR) is 77.2 cm³/mol. The first kappa shape index (κ1) is 15.1. The first-order chi connectivity index (χ1) is 10.6. The molecule has 0 aromatic carbocycles. The van der Waals surface area contributed by atoms with E-state index in [2.05, 4.69) is 10.1 Å². The van der Waals surface area contributed by atoms with E-state index < -0.39 is 5.97 Å². The van der Waals surface area contributed by atoms with Gasteiger partial charge in [0.25, 0.3) is 0 Å². The number of esters is 1. The van der Waals surface area contributed by atoms with Crippen LogP contribution in [0.25, 0.3) is 0 Å². The molecule has 1 aliphatic carbocycles. The molecule has 1 saturated heterocycles. The number of carbonyl (C=O) groups is 2. The summed E-state index contributed by atoms with van der Waals surface area (Å²) in [6, 6.07) is 1.62. The van der Waals surface area contributed by atoms with Gasteiger partial charge in [0.15, 0.2) is 0 Å². The predicted octanol–water partition coefficient (Wildman–Crippen LogP) is 1.81. The molecule has 1 aromatic rings. The highest BCUT2D eigenvalue weighted by atomic mass is 16.5. The molecule has 0 bridgehead atoms. The fourth-order valence-electron chi connectivity index (χ4n) is 3.29. The second-order valence-corrected chi connectivity index (χ2v) is 6.12. The molecule has 1 amide bonds. The normalized spacial score (nSPS) is 22.4. The van der Waals surface area contributed by atoms with E-state index in [1.807, 2.05) is 0 Å². The van der Waals surface area contributed by atoms with E-state index in [-0.39, 0.29) is 17.2 Å². The van der Waals surface area contributed by atoms with E-state index in [0.29, 0.717) is 23.6 Å². The molecule has 2 aliphatic rings. The summed E-state index contributed by atoms with van der Waals surface area (Å²) in [5.74, 6) is 0.793. The zero-order chi connectivity index (χ0) is 15.7. The van der Waals surface area contributed by atoms with Crippen molar-refractivity contribution in [1.82, 2.24) is 5.32 Å². The van der Waals surface area contributed by atoms with Crippen molar-refractivity contribution >= 4 is 11.9 Å². The third-order valence-corrected chi connectivity index (χ3v) is 4.81. The molecule has 3 rings (SSSR count). The van der Waals surface area contributed by atoms with E-state index >= 15 is 0 Å². The van der Waals surface area contributed by atoms with Crippen LogP contribution in [0.4, 0.5) is 0 Å². The largest absolute Gasteiger partial charge is 0.465 e. The Bertz CT molecular complexity index is 585. The van der Waals surface area contributed by atoms with Crippen molar-refractivity contribution in [3.05, 3.63) is 23.2 Å². The van der Waals surface area contributed by atoms with Crippen LogP contribution in [0.5, 0.6) is 0 Å². The van der Waals surface area contributed by atoms with Crippen LogP contribution in [0, 0.1) is 18.3 Å². The molecule has 1 aromatic heterocycles. The lowest BCUT2D eigenvalue weighted by Crippen LogP contribution is -2.29. The summed E-state index contributed by atoms with van der Waals surface area (Å²) in [6.07, 6.45) is 2.89. The van der Waals surface area contributed by atoms with Crippen LogP contribution < -0.4 is 5.32 Å². The molecule has 120 valence electrons. The smallest absolute Gasteiger partial charge is 0.341 e. The topological polar surface area (TPSA) is 77.8 Å². The van der Waals surface area contributed by atoms with Gasteiger partial charge in [0.1, 0.15) is 17.1 Å². The average Bonchev–Trinajstić information content (AvgIpc) is 3.08. The van der Waals surface area contributed by atoms with Crippen LogP contribution in [0.2, 0.25) is 0 Å². The van der Waals surface area contributed by atoms with Crippen molar-refractivity contribution < 1.29 is 23.5 Å². The number of aryl methyl sites for hydroxylation is 1. The molecule has 1 N–H and O–H groups in total. The summed E-state index contributed by atoms with van der Waals surface area (Å²) >= 11 is 0. The monoisotopic (exact) mass is 307 g/mol. The molecule has 1 saturated carbocycles. The van der Waals surface area contributed by atoms with Gasteiger partial charge in [0, 0.05) is 19.1 Å². The van der Waals surface area contributed by atoms with Crippen LogP contribution in [0.15, 0.2) is 10.5 Å². The Kier molecular flexibility index (Phi) is 3.95. The maximum atomic E-state index is 12.2. The molecule has 2 heterocycles. The Hall–Kier alpha value is -1.82. The van der Waals surface area contributed by atoms with Gasteiger partial charge in [0.2, 0.25) is 5.91 Å². The Morgan fingerprint density at radius 2 is 2.14 bits per heavy atom. The van der Waals surface area contributed by atoms with Gasteiger partial charge in [-0.2, -0.15) is 0 Å². The standard InChI is InChI=1S/C16H21NO5/c1-10-12(15(19)20-2)7-11(22-10)9-17-14(18)13-8-16(13)3-5-21-6-4-16/h7,13H,3-6,8-9H2,1-2H3,(H,17,18).